The summed E-state index contributed by atoms with van der Waals surface area (Å²) < 4.78 is 0. The van der Waals surface area contributed by atoms with Gasteiger partial charge < -0.3 is 0 Å². The predicted molar refractivity (Wildman–Crippen MR) is 48.1 cm³/mol. The Morgan fingerprint density at radius 3 is 2.55 bits per heavy atom. The standard InChI is InChI=1S/C11H15/c1-2-6-10(7-3-1)11-8-4-5-9-11/h2,4-6,11H,1,3,7-9H2. The van der Waals surface area contributed by atoms with E-state index in [1.54, 1.807) is 5.92 Å². The van der Waals surface area contributed by atoms with Crippen molar-refractivity contribution in [2.45, 2.75) is 32.1 Å². The maximum absolute atomic E-state index is 2.36. The summed E-state index contributed by atoms with van der Waals surface area (Å²) in [7, 11) is 0. The highest BCUT2D eigenvalue weighted by Crippen LogP contribution is 2.34. The molecular formula is C11H15. The molecule has 2 aliphatic carbocycles. The second kappa shape index (κ2) is 3.25. The van der Waals surface area contributed by atoms with Crippen molar-refractivity contribution in [2.24, 2.45) is 5.92 Å². The molecule has 0 fully saturated rings. The lowest BCUT2D eigenvalue weighted by molar-refractivity contribution is 0.548. The lowest BCUT2D eigenvalue weighted by atomic mass is 9.83. The molecule has 11 heavy (non-hydrogen) atoms. The Hall–Kier alpha value is -0.520. The lowest BCUT2D eigenvalue weighted by Crippen LogP contribution is -2.09. The van der Waals surface area contributed by atoms with E-state index in [0.717, 1.165) is 5.92 Å². The third-order valence-electron chi connectivity index (χ3n) is 2.70. The van der Waals surface area contributed by atoms with Crippen LogP contribution in [0.15, 0.2) is 24.3 Å². The summed E-state index contributed by atoms with van der Waals surface area (Å²) in [6.07, 6.45) is 15.9. The molecule has 1 radical (unpaired) electrons. The Morgan fingerprint density at radius 2 is 1.91 bits per heavy atom. The van der Waals surface area contributed by atoms with Gasteiger partial charge in [-0.3, -0.25) is 0 Å². The first kappa shape index (κ1) is 7.15. The molecule has 0 N–H and O–H groups in total. The van der Waals surface area contributed by atoms with Gasteiger partial charge in [-0.05, 0) is 38.0 Å². The minimum absolute atomic E-state index is 0.867. The molecular weight excluding hydrogens is 132 g/mol. The van der Waals surface area contributed by atoms with Crippen molar-refractivity contribution < 1.29 is 0 Å². The molecule has 0 aliphatic heterocycles. The van der Waals surface area contributed by atoms with Crippen LogP contribution in [0.1, 0.15) is 32.1 Å². The zero-order chi connectivity index (χ0) is 7.52. The molecule has 0 aromatic rings. The van der Waals surface area contributed by atoms with Crippen LogP contribution in [0.4, 0.5) is 0 Å². The average Bonchev–Trinajstić information content (AvgIpc) is 2.58. The summed E-state index contributed by atoms with van der Waals surface area (Å²) in [5, 5.41) is 0. The van der Waals surface area contributed by atoms with E-state index in [1.807, 2.05) is 0 Å². The van der Waals surface area contributed by atoms with Gasteiger partial charge in [0, 0.05) is 5.92 Å². The highest BCUT2D eigenvalue weighted by Gasteiger charge is 2.21. The second-order valence-electron chi connectivity index (χ2n) is 3.51. The fourth-order valence-electron chi connectivity index (χ4n) is 2.00. The van der Waals surface area contributed by atoms with Crippen LogP contribution in [0, 0.1) is 11.8 Å². The zero-order valence-electron chi connectivity index (χ0n) is 6.92. The zero-order valence-corrected chi connectivity index (χ0v) is 6.92. The first-order valence-electron chi connectivity index (χ1n) is 4.64. The molecule has 0 saturated heterocycles. The summed E-state index contributed by atoms with van der Waals surface area (Å²) in [4.78, 5) is 0. The molecule has 0 aromatic heterocycles. The fourth-order valence-corrected chi connectivity index (χ4v) is 2.00. The number of hydrogen-bond donors (Lipinski definition) is 0. The van der Waals surface area contributed by atoms with Crippen LogP contribution < -0.4 is 0 Å². The molecule has 0 nitrogen and oxygen atoms in total. The number of hydrogen-bond acceptors (Lipinski definition) is 0. The molecule has 0 saturated carbocycles. The van der Waals surface area contributed by atoms with Crippen molar-refractivity contribution in [3.63, 3.8) is 0 Å². The van der Waals surface area contributed by atoms with Gasteiger partial charge in [-0.2, -0.15) is 0 Å². The second-order valence-corrected chi connectivity index (χ2v) is 3.51. The van der Waals surface area contributed by atoms with Crippen LogP contribution in [-0.2, 0) is 0 Å². The van der Waals surface area contributed by atoms with Crippen LogP contribution in [0.2, 0.25) is 0 Å². The maximum atomic E-state index is 2.36. The van der Waals surface area contributed by atoms with Crippen molar-refractivity contribution in [3.8, 4) is 0 Å². The quantitative estimate of drug-likeness (QED) is 0.499. The van der Waals surface area contributed by atoms with E-state index in [1.165, 1.54) is 32.1 Å². The summed E-state index contributed by atoms with van der Waals surface area (Å²) in [5.74, 6) is 2.56. The maximum Gasteiger partial charge on any atom is 0.000977 e. The molecule has 0 aromatic carbocycles. The van der Waals surface area contributed by atoms with Gasteiger partial charge in [0.25, 0.3) is 0 Å². The fraction of sp³-hybridized carbons (Fsp3) is 0.545. The predicted octanol–water partition coefficient (Wildman–Crippen LogP) is 3.27. The molecule has 2 rings (SSSR count). The van der Waals surface area contributed by atoms with Crippen LogP contribution in [-0.4, -0.2) is 0 Å². The largest absolute Gasteiger partial charge is 0.0882 e. The van der Waals surface area contributed by atoms with E-state index >= 15 is 0 Å². The van der Waals surface area contributed by atoms with Gasteiger partial charge in [-0.15, -0.1) is 0 Å². The summed E-state index contributed by atoms with van der Waals surface area (Å²) in [6.45, 7) is 0. The molecule has 0 atom stereocenters. The Morgan fingerprint density at radius 1 is 1.09 bits per heavy atom. The van der Waals surface area contributed by atoms with E-state index in [2.05, 4.69) is 24.3 Å². The van der Waals surface area contributed by atoms with Gasteiger partial charge >= 0.3 is 0 Å². The van der Waals surface area contributed by atoms with E-state index < -0.39 is 0 Å². The van der Waals surface area contributed by atoms with E-state index in [4.69, 9.17) is 0 Å². The average molecular weight is 147 g/mol. The highest BCUT2D eigenvalue weighted by atomic mass is 14.3. The van der Waals surface area contributed by atoms with Crippen LogP contribution >= 0.6 is 0 Å². The van der Waals surface area contributed by atoms with Crippen molar-refractivity contribution in [1.29, 1.82) is 0 Å². The normalized spacial score (nSPS) is 26.5. The first-order valence-corrected chi connectivity index (χ1v) is 4.64. The molecule has 59 valence electrons. The van der Waals surface area contributed by atoms with E-state index in [9.17, 15) is 0 Å². The van der Waals surface area contributed by atoms with E-state index in [0.29, 0.717) is 0 Å². The van der Waals surface area contributed by atoms with Gasteiger partial charge in [0.1, 0.15) is 0 Å². The smallest absolute Gasteiger partial charge is 0.000977 e. The SMILES string of the molecule is C1=C[C](C2CC=CC2)CCC1. The molecule has 0 heterocycles. The number of rotatable bonds is 1. The molecule has 0 spiro atoms. The Kier molecular flexibility index (Phi) is 2.11. The Balaban J connectivity index is 1.93. The van der Waals surface area contributed by atoms with Gasteiger partial charge in [0.05, 0.1) is 0 Å². The van der Waals surface area contributed by atoms with Crippen LogP contribution in [0.3, 0.4) is 0 Å². The van der Waals surface area contributed by atoms with Gasteiger partial charge in [-0.25, -0.2) is 0 Å². The van der Waals surface area contributed by atoms with Gasteiger partial charge in [-0.1, -0.05) is 24.3 Å². The topological polar surface area (TPSA) is 0 Å². The van der Waals surface area contributed by atoms with E-state index in [-0.39, 0.29) is 0 Å². The molecule has 0 unspecified atom stereocenters. The van der Waals surface area contributed by atoms with Crippen LogP contribution in [0.5, 0.6) is 0 Å². The van der Waals surface area contributed by atoms with Gasteiger partial charge in [0.15, 0.2) is 0 Å². The lowest BCUT2D eigenvalue weighted by Gasteiger charge is -2.21. The first-order chi connectivity index (χ1) is 5.47. The molecule has 0 amide bonds. The molecule has 0 bridgehead atoms. The van der Waals surface area contributed by atoms with Crippen LogP contribution in [0.25, 0.3) is 0 Å². The van der Waals surface area contributed by atoms with Crippen molar-refractivity contribution in [3.05, 3.63) is 30.2 Å². The Labute approximate surface area is 69.0 Å². The van der Waals surface area contributed by atoms with Crippen molar-refractivity contribution >= 4 is 0 Å². The minimum atomic E-state index is 0.867. The summed E-state index contributed by atoms with van der Waals surface area (Å²) in [5.41, 5.74) is 0. The monoisotopic (exact) mass is 147 g/mol. The minimum Gasteiger partial charge on any atom is -0.0882 e. The third kappa shape index (κ3) is 1.55. The van der Waals surface area contributed by atoms with Crippen molar-refractivity contribution in [2.75, 3.05) is 0 Å². The Bertz CT molecular complexity index is 168. The van der Waals surface area contributed by atoms with Crippen molar-refractivity contribution in [1.82, 2.24) is 0 Å². The number of allylic oxidation sites excluding steroid dienone is 4. The summed E-state index contributed by atoms with van der Waals surface area (Å²) >= 11 is 0. The molecule has 0 heteroatoms. The summed E-state index contributed by atoms with van der Waals surface area (Å²) in [6, 6.07) is 0. The third-order valence-corrected chi connectivity index (χ3v) is 2.70. The highest BCUT2D eigenvalue weighted by molar-refractivity contribution is 5.20. The molecule has 2 aliphatic rings. The van der Waals surface area contributed by atoms with Gasteiger partial charge in [0.2, 0.25) is 0 Å².